The van der Waals surface area contributed by atoms with Crippen LogP contribution in [0.2, 0.25) is 0 Å². The van der Waals surface area contributed by atoms with Gasteiger partial charge in [-0.1, -0.05) is 43.3 Å². The smallest absolute Gasteiger partial charge is 0.275 e. The normalized spacial score (nSPS) is 10.6. The molecule has 2 aromatic carbocycles. The molecule has 0 saturated carbocycles. The van der Waals surface area contributed by atoms with E-state index in [1.165, 1.54) is 12.7 Å². The Morgan fingerprint density at radius 2 is 1.90 bits per heavy atom. The van der Waals surface area contributed by atoms with E-state index in [2.05, 4.69) is 17.5 Å². The third-order valence-electron chi connectivity index (χ3n) is 3.12. The average molecular weight is 282 g/mol. The van der Waals surface area contributed by atoms with Crippen molar-refractivity contribution in [2.45, 2.75) is 13.3 Å². The minimum atomic E-state index is -0.297. The summed E-state index contributed by atoms with van der Waals surface area (Å²) in [5, 5.41) is 3.97. The van der Waals surface area contributed by atoms with Crippen LogP contribution in [0.15, 0.2) is 53.6 Å². The number of carbonyl (C=O) groups is 1. The van der Waals surface area contributed by atoms with Gasteiger partial charge in [-0.15, -0.1) is 0 Å². The number of para-hydroxylation sites is 1. The second-order valence-corrected chi connectivity index (χ2v) is 4.49. The number of nitrogens with zero attached hydrogens (tertiary/aromatic N) is 1. The van der Waals surface area contributed by atoms with Crippen LogP contribution in [0, 0.1) is 0 Å². The Balaban J connectivity index is 2.01. The highest BCUT2D eigenvalue weighted by atomic mass is 16.5. The molecule has 0 fully saturated rings. The van der Waals surface area contributed by atoms with Crippen LogP contribution in [0.1, 0.15) is 28.4 Å². The number of methoxy groups -OCH3 is 1. The zero-order valence-electron chi connectivity index (χ0n) is 12.2. The maximum atomic E-state index is 12.0. The number of nitrogens with one attached hydrogen (secondary N) is 1. The van der Waals surface area contributed by atoms with Gasteiger partial charge < -0.3 is 4.74 Å². The molecule has 0 unspecified atom stereocenters. The second kappa shape index (κ2) is 7.24. The number of ether oxygens (including phenoxy) is 1. The molecule has 0 saturated heterocycles. The molecule has 21 heavy (non-hydrogen) atoms. The van der Waals surface area contributed by atoms with E-state index in [4.69, 9.17) is 4.74 Å². The molecule has 4 nitrogen and oxygen atoms in total. The number of rotatable bonds is 5. The molecule has 0 aliphatic carbocycles. The summed E-state index contributed by atoms with van der Waals surface area (Å²) in [6.45, 7) is 2.11. The lowest BCUT2D eigenvalue weighted by atomic mass is 10.1. The van der Waals surface area contributed by atoms with Crippen molar-refractivity contribution in [2.24, 2.45) is 5.10 Å². The van der Waals surface area contributed by atoms with Gasteiger partial charge in [0, 0.05) is 0 Å². The molecule has 0 bridgehead atoms. The van der Waals surface area contributed by atoms with Crippen molar-refractivity contribution >= 4 is 12.1 Å². The number of hydrogen-bond donors (Lipinski definition) is 1. The summed E-state index contributed by atoms with van der Waals surface area (Å²) in [5.41, 5.74) is 5.16. The number of benzene rings is 2. The minimum absolute atomic E-state index is 0.297. The summed E-state index contributed by atoms with van der Waals surface area (Å²) in [4.78, 5) is 12.0. The summed E-state index contributed by atoms with van der Waals surface area (Å²) in [5.74, 6) is 0.228. The predicted molar refractivity (Wildman–Crippen MR) is 83.9 cm³/mol. The molecule has 2 rings (SSSR count). The molecule has 0 radical (unpaired) electrons. The molecule has 0 aliphatic rings. The van der Waals surface area contributed by atoms with E-state index < -0.39 is 0 Å². The van der Waals surface area contributed by atoms with Gasteiger partial charge >= 0.3 is 0 Å². The number of aryl methyl sites for hydroxylation is 1. The van der Waals surface area contributed by atoms with E-state index in [9.17, 15) is 4.79 Å². The van der Waals surface area contributed by atoms with Gasteiger partial charge in [-0.05, 0) is 29.7 Å². The van der Waals surface area contributed by atoms with Gasteiger partial charge in [0.25, 0.3) is 5.91 Å². The molecule has 0 aliphatic heterocycles. The van der Waals surface area contributed by atoms with Gasteiger partial charge in [0.1, 0.15) is 5.75 Å². The molecule has 2 aromatic rings. The monoisotopic (exact) mass is 282 g/mol. The quantitative estimate of drug-likeness (QED) is 0.677. The summed E-state index contributed by atoms with van der Waals surface area (Å²) in [6, 6.07) is 15.1. The van der Waals surface area contributed by atoms with Gasteiger partial charge in [0.15, 0.2) is 0 Å². The Kier molecular flexibility index (Phi) is 5.10. The Labute approximate surface area is 124 Å². The van der Waals surface area contributed by atoms with E-state index in [0.29, 0.717) is 11.3 Å². The van der Waals surface area contributed by atoms with E-state index in [1.807, 2.05) is 30.3 Å². The Hall–Kier alpha value is -2.62. The summed E-state index contributed by atoms with van der Waals surface area (Å²) in [6.07, 6.45) is 2.62. The van der Waals surface area contributed by atoms with Crippen LogP contribution in [0.4, 0.5) is 0 Å². The lowest BCUT2D eigenvalue weighted by molar-refractivity contribution is 0.0952. The maximum Gasteiger partial charge on any atom is 0.275 e. The lowest BCUT2D eigenvalue weighted by Crippen LogP contribution is -2.18. The van der Waals surface area contributed by atoms with Crippen molar-refractivity contribution in [1.82, 2.24) is 5.43 Å². The van der Waals surface area contributed by atoms with Gasteiger partial charge in [-0.3, -0.25) is 4.79 Å². The Bertz CT molecular complexity index is 633. The Morgan fingerprint density at radius 3 is 2.57 bits per heavy atom. The fourth-order valence-corrected chi connectivity index (χ4v) is 1.90. The molecule has 108 valence electrons. The number of hydrogen-bond acceptors (Lipinski definition) is 3. The number of hydrazone groups is 1. The fraction of sp³-hybridized carbons (Fsp3) is 0.176. The van der Waals surface area contributed by atoms with Crippen molar-refractivity contribution in [1.29, 1.82) is 0 Å². The highest BCUT2D eigenvalue weighted by molar-refractivity contribution is 5.97. The average Bonchev–Trinajstić information content (AvgIpc) is 2.55. The largest absolute Gasteiger partial charge is 0.496 e. The van der Waals surface area contributed by atoms with Crippen molar-refractivity contribution in [3.05, 3.63) is 65.2 Å². The molecule has 0 heterocycles. The predicted octanol–water partition coefficient (Wildman–Crippen LogP) is 3.02. The zero-order chi connectivity index (χ0) is 15.1. The number of amides is 1. The first-order valence-corrected chi connectivity index (χ1v) is 6.80. The van der Waals surface area contributed by atoms with E-state index in [1.54, 1.807) is 24.4 Å². The van der Waals surface area contributed by atoms with E-state index in [-0.39, 0.29) is 5.91 Å². The Morgan fingerprint density at radius 1 is 1.19 bits per heavy atom. The fourth-order valence-electron chi connectivity index (χ4n) is 1.90. The zero-order valence-corrected chi connectivity index (χ0v) is 12.2. The van der Waals surface area contributed by atoms with E-state index in [0.717, 1.165) is 12.0 Å². The standard InChI is InChI=1S/C17H18N2O2/c1-3-13-8-10-14(11-9-13)12-18-19-17(20)15-6-4-5-7-16(15)21-2/h4-12H,3H2,1-2H3,(H,19,20). The van der Waals surface area contributed by atoms with Crippen molar-refractivity contribution < 1.29 is 9.53 Å². The van der Waals surface area contributed by atoms with Crippen LogP contribution in [0.5, 0.6) is 5.75 Å². The first-order chi connectivity index (χ1) is 10.2. The first kappa shape index (κ1) is 14.8. The van der Waals surface area contributed by atoms with Crippen LogP contribution in [-0.2, 0) is 6.42 Å². The topological polar surface area (TPSA) is 50.7 Å². The molecule has 0 atom stereocenters. The van der Waals surface area contributed by atoms with Crippen LogP contribution >= 0.6 is 0 Å². The van der Waals surface area contributed by atoms with Crippen molar-refractivity contribution in [2.75, 3.05) is 7.11 Å². The van der Waals surface area contributed by atoms with Gasteiger partial charge in [0.05, 0.1) is 18.9 Å². The third kappa shape index (κ3) is 3.92. The molecule has 0 spiro atoms. The summed E-state index contributed by atoms with van der Waals surface area (Å²) in [7, 11) is 1.53. The van der Waals surface area contributed by atoms with Crippen LogP contribution in [-0.4, -0.2) is 19.2 Å². The molecule has 4 heteroatoms. The third-order valence-corrected chi connectivity index (χ3v) is 3.12. The van der Waals surface area contributed by atoms with Crippen LogP contribution < -0.4 is 10.2 Å². The molecule has 1 N–H and O–H groups in total. The van der Waals surface area contributed by atoms with Crippen LogP contribution in [0.3, 0.4) is 0 Å². The van der Waals surface area contributed by atoms with Gasteiger partial charge in [0.2, 0.25) is 0 Å². The van der Waals surface area contributed by atoms with E-state index >= 15 is 0 Å². The lowest BCUT2D eigenvalue weighted by Gasteiger charge is -2.05. The molecule has 1 amide bonds. The summed E-state index contributed by atoms with van der Waals surface area (Å²) >= 11 is 0. The van der Waals surface area contributed by atoms with Crippen molar-refractivity contribution in [3.63, 3.8) is 0 Å². The van der Waals surface area contributed by atoms with Gasteiger partial charge in [-0.2, -0.15) is 5.10 Å². The van der Waals surface area contributed by atoms with Crippen LogP contribution in [0.25, 0.3) is 0 Å². The SMILES string of the molecule is CCc1ccc(C=NNC(=O)c2ccccc2OC)cc1. The first-order valence-electron chi connectivity index (χ1n) is 6.80. The summed E-state index contributed by atoms with van der Waals surface area (Å²) < 4.78 is 5.14. The second-order valence-electron chi connectivity index (χ2n) is 4.49. The molecular weight excluding hydrogens is 264 g/mol. The molecular formula is C17H18N2O2. The van der Waals surface area contributed by atoms with Gasteiger partial charge in [-0.25, -0.2) is 5.43 Å². The highest BCUT2D eigenvalue weighted by Gasteiger charge is 2.09. The number of carbonyl (C=O) groups excluding carboxylic acids is 1. The minimum Gasteiger partial charge on any atom is -0.496 e. The molecule has 0 aromatic heterocycles. The highest BCUT2D eigenvalue weighted by Crippen LogP contribution is 2.16. The van der Waals surface area contributed by atoms with Crippen molar-refractivity contribution in [3.8, 4) is 5.75 Å². The maximum absolute atomic E-state index is 12.0.